The molecular weight excluding hydrogens is 460 g/mol. The fourth-order valence-electron chi connectivity index (χ4n) is 5.19. The summed E-state index contributed by atoms with van der Waals surface area (Å²) in [6, 6.07) is 5.79. The molecule has 0 spiro atoms. The van der Waals surface area contributed by atoms with Crippen LogP contribution in [0.4, 0.5) is 5.82 Å². The topological polar surface area (TPSA) is 119 Å². The van der Waals surface area contributed by atoms with Gasteiger partial charge in [-0.1, -0.05) is 0 Å². The summed E-state index contributed by atoms with van der Waals surface area (Å²) >= 11 is 0. The molecule has 0 bridgehead atoms. The van der Waals surface area contributed by atoms with E-state index < -0.39 is 0 Å². The van der Waals surface area contributed by atoms with Gasteiger partial charge in [-0.3, -0.25) is 9.59 Å². The molecule has 1 aliphatic heterocycles. The van der Waals surface area contributed by atoms with Crippen LogP contribution in [-0.4, -0.2) is 80.8 Å². The fourth-order valence-corrected chi connectivity index (χ4v) is 5.19. The summed E-state index contributed by atoms with van der Waals surface area (Å²) < 4.78 is 9.13. The van der Waals surface area contributed by atoms with Crippen LogP contribution < -0.4 is 10.6 Å². The molecule has 3 atom stereocenters. The van der Waals surface area contributed by atoms with E-state index in [1.54, 1.807) is 28.9 Å². The number of likely N-dealkylation sites (N-methyl/N-ethyl adjacent to an activating group) is 1. The zero-order chi connectivity index (χ0) is 25.0. The number of pyridine rings is 1. The normalized spacial score (nSPS) is 21.8. The number of hydrogen-bond donors (Lipinski definition) is 2. The first-order valence-electron chi connectivity index (χ1n) is 12.1. The maximum absolute atomic E-state index is 13.2. The fraction of sp³-hybridized carbons (Fsp3) is 0.400. The minimum Gasteiger partial charge on any atom is -0.379 e. The van der Waals surface area contributed by atoms with Gasteiger partial charge in [0.2, 0.25) is 5.91 Å². The summed E-state index contributed by atoms with van der Waals surface area (Å²) in [4.78, 5) is 36.6. The first-order chi connectivity index (χ1) is 17.5. The van der Waals surface area contributed by atoms with Crippen molar-refractivity contribution in [3.05, 3.63) is 42.4 Å². The molecule has 0 radical (unpaired) electrons. The number of anilines is 1. The number of amides is 2. The maximum Gasteiger partial charge on any atom is 0.257 e. The van der Waals surface area contributed by atoms with Gasteiger partial charge in [0.25, 0.3) is 5.91 Å². The zero-order valence-electron chi connectivity index (χ0n) is 20.4. The highest BCUT2D eigenvalue weighted by Gasteiger charge is 2.33. The maximum atomic E-state index is 13.2. The number of fused-ring (bicyclic) bond motifs is 2. The Morgan fingerprint density at radius 3 is 2.81 bits per heavy atom. The average molecular weight is 489 g/mol. The van der Waals surface area contributed by atoms with Crippen LogP contribution in [-0.2, 0) is 9.53 Å². The smallest absolute Gasteiger partial charge is 0.257 e. The van der Waals surface area contributed by atoms with Crippen LogP contribution in [0.5, 0.6) is 0 Å². The standard InChI is InChI=1S/C25H28N8O3/c1-26-21-10-19(29-24-16(11-28-33(21)24)25(35)30-18-6-7-20(18)36-3)17-13-32(14-9-22(34)31(2)12-14)23-15(17)5-4-8-27-23/h4-5,8,10-11,13-14,18,20,26H,6-7,9,12H2,1-3H3,(H,30,35)/t14-,18?,20?/m1/s1. The minimum atomic E-state index is -0.222. The second-order valence-corrected chi connectivity index (χ2v) is 9.46. The third-order valence-corrected chi connectivity index (χ3v) is 7.38. The molecule has 4 aromatic heterocycles. The van der Waals surface area contributed by atoms with Crippen molar-refractivity contribution < 1.29 is 14.3 Å². The Hall–Kier alpha value is -3.99. The molecular formula is C25H28N8O3. The van der Waals surface area contributed by atoms with E-state index in [4.69, 9.17) is 9.72 Å². The number of rotatable bonds is 6. The first kappa shape index (κ1) is 22.5. The van der Waals surface area contributed by atoms with Gasteiger partial charge in [0.1, 0.15) is 17.0 Å². The number of aromatic nitrogens is 5. The monoisotopic (exact) mass is 488 g/mol. The molecule has 4 aromatic rings. The largest absolute Gasteiger partial charge is 0.379 e. The van der Waals surface area contributed by atoms with Gasteiger partial charge < -0.3 is 24.8 Å². The van der Waals surface area contributed by atoms with Crippen LogP contribution in [0.3, 0.4) is 0 Å². The van der Waals surface area contributed by atoms with E-state index in [-0.39, 0.29) is 30.0 Å². The van der Waals surface area contributed by atoms with E-state index in [0.29, 0.717) is 35.7 Å². The Morgan fingerprint density at radius 1 is 1.25 bits per heavy atom. The van der Waals surface area contributed by atoms with Gasteiger partial charge in [-0.05, 0) is 25.0 Å². The highest BCUT2D eigenvalue weighted by atomic mass is 16.5. The van der Waals surface area contributed by atoms with Crippen LogP contribution >= 0.6 is 0 Å². The number of methoxy groups -OCH3 is 1. The van der Waals surface area contributed by atoms with Crippen LogP contribution in [0.15, 0.2) is 36.8 Å². The van der Waals surface area contributed by atoms with E-state index >= 15 is 0 Å². The summed E-state index contributed by atoms with van der Waals surface area (Å²) in [5.74, 6) is 0.599. The number of ether oxygens (including phenoxy) is 1. The molecule has 1 saturated heterocycles. The summed E-state index contributed by atoms with van der Waals surface area (Å²) in [5.41, 5.74) is 3.23. The zero-order valence-corrected chi connectivity index (χ0v) is 20.4. The summed E-state index contributed by atoms with van der Waals surface area (Å²) in [5, 5.41) is 11.6. The molecule has 2 fully saturated rings. The van der Waals surface area contributed by atoms with Crippen molar-refractivity contribution in [3.63, 3.8) is 0 Å². The Balaban J connectivity index is 1.44. The predicted molar refractivity (Wildman–Crippen MR) is 134 cm³/mol. The van der Waals surface area contributed by atoms with Gasteiger partial charge in [-0.25, -0.2) is 9.97 Å². The SMILES string of the molecule is CNc1cc(-c2cn([C@@H]3CC(=O)N(C)C3)c3ncccc23)nc2c(C(=O)NC3CCC3OC)cnn12. The molecule has 0 aromatic carbocycles. The van der Waals surface area contributed by atoms with Gasteiger partial charge >= 0.3 is 0 Å². The summed E-state index contributed by atoms with van der Waals surface area (Å²) in [7, 11) is 5.29. The lowest BCUT2D eigenvalue weighted by molar-refractivity contribution is -0.126. The lowest BCUT2D eigenvalue weighted by Crippen LogP contribution is -2.51. The molecule has 2 unspecified atom stereocenters. The Kier molecular flexibility index (Phi) is 5.36. The molecule has 5 heterocycles. The van der Waals surface area contributed by atoms with Gasteiger partial charge in [-0.2, -0.15) is 9.61 Å². The van der Waals surface area contributed by atoms with Gasteiger partial charge in [0.05, 0.1) is 30.1 Å². The van der Waals surface area contributed by atoms with Crippen molar-refractivity contribution in [2.24, 2.45) is 0 Å². The molecule has 186 valence electrons. The molecule has 11 heteroatoms. The van der Waals surface area contributed by atoms with Crippen molar-refractivity contribution in [3.8, 4) is 11.3 Å². The third kappa shape index (κ3) is 3.49. The molecule has 6 rings (SSSR count). The van der Waals surface area contributed by atoms with Crippen LogP contribution in [0.2, 0.25) is 0 Å². The van der Waals surface area contributed by atoms with Crippen molar-refractivity contribution in [2.45, 2.75) is 37.5 Å². The van der Waals surface area contributed by atoms with Crippen molar-refractivity contribution in [1.29, 1.82) is 0 Å². The highest BCUT2D eigenvalue weighted by Crippen LogP contribution is 2.35. The lowest BCUT2D eigenvalue weighted by atomic mass is 9.89. The van der Waals surface area contributed by atoms with Crippen LogP contribution in [0.1, 0.15) is 35.7 Å². The minimum absolute atomic E-state index is 0.00587. The molecule has 36 heavy (non-hydrogen) atoms. The summed E-state index contributed by atoms with van der Waals surface area (Å²) in [6.07, 6.45) is 7.60. The third-order valence-electron chi connectivity index (χ3n) is 7.38. The van der Waals surface area contributed by atoms with Crippen molar-refractivity contribution >= 4 is 34.3 Å². The number of likely N-dealkylation sites (tertiary alicyclic amines) is 1. The van der Waals surface area contributed by atoms with Crippen LogP contribution in [0.25, 0.3) is 27.9 Å². The Bertz CT molecular complexity index is 1490. The van der Waals surface area contributed by atoms with Gasteiger partial charge in [0, 0.05) is 63.6 Å². The molecule has 2 amide bonds. The number of carbonyl (C=O) groups excluding carboxylic acids is 2. The quantitative estimate of drug-likeness (QED) is 0.427. The van der Waals surface area contributed by atoms with Crippen molar-refractivity contribution in [1.82, 2.24) is 34.4 Å². The molecule has 1 aliphatic carbocycles. The van der Waals surface area contributed by atoms with E-state index in [0.717, 1.165) is 29.4 Å². The number of carbonyl (C=O) groups is 2. The number of hydrogen-bond acceptors (Lipinski definition) is 7. The van der Waals surface area contributed by atoms with Crippen molar-refractivity contribution in [2.75, 3.05) is 33.1 Å². The number of nitrogens with one attached hydrogen (secondary N) is 2. The van der Waals surface area contributed by atoms with Crippen LogP contribution in [0, 0.1) is 0 Å². The first-order valence-corrected chi connectivity index (χ1v) is 12.1. The van der Waals surface area contributed by atoms with Gasteiger partial charge in [0.15, 0.2) is 5.65 Å². The van der Waals surface area contributed by atoms with E-state index in [1.807, 2.05) is 38.5 Å². The average Bonchev–Trinajstić information content (AvgIpc) is 3.56. The second-order valence-electron chi connectivity index (χ2n) is 9.46. The second kappa shape index (κ2) is 8.59. The number of nitrogens with zero attached hydrogens (tertiary/aromatic N) is 6. The van der Waals surface area contributed by atoms with E-state index in [9.17, 15) is 9.59 Å². The van der Waals surface area contributed by atoms with Gasteiger partial charge in [-0.15, -0.1) is 0 Å². The molecule has 11 nitrogen and oxygen atoms in total. The molecule has 1 saturated carbocycles. The summed E-state index contributed by atoms with van der Waals surface area (Å²) in [6.45, 7) is 0.628. The molecule has 2 N–H and O–H groups in total. The van der Waals surface area contributed by atoms with E-state index in [1.165, 1.54) is 0 Å². The lowest BCUT2D eigenvalue weighted by Gasteiger charge is -2.35. The Labute approximate surface area is 207 Å². The van der Waals surface area contributed by atoms with E-state index in [2.05, 4.69) is 25.3 Å². The predicted octanol–water partition coefficient (Wildman–Crippen LogP) is 2.10. The molecule has 2 aliphatic rings. The Morgan fingerprint density at radius 2 is 2.11 bits per heavy atom. The highest BCUT2D eigenvalue weighted by molar-refractivity contribution is 6.01.